The number of nitrogens with zero attached hydrogens (tertiary/aromatic N) is 6. The minimum Gasteiger partial charge on any atom is -0.456 e. The second-order valence-corrected chi connectivity index (χ2v) is 24.8. The quantitative estimate of drug-likeness (QED) is 0.140. The molecule has 0 amide bonds. The number of hydrogen-bond donors (Lipinski definition) is 0. The molecule has 0 aliphatic rings. The Kier molecular flexibility index (Phi) is 11.7. The molecule has 0 spiro atoms. The number of aromatic nitrogens is 6. The van der Waals surface area contributed by atoms with Crippen molar-refractivity contribution < 1.29 is 4.42 Å². The van der Waals surface area contributed by atoms with Crippen LogP contribution in [0.5, 0.6) is 0 Å². The fourth-order valence-corrected chi connectivity index (χ4v) is 15.0. The van der Waals surface area contributed by atoms with Gasteiger partial charge in [0.1, 0.15) is 11.2 Å². The second kappa shape index (κ2) is 20.8. The van der Waals surface area contributed by atoms with Crippen molar-refractivity contribution in [2.45, 2.75) is 0 Å². The van der Waals surface area contributed by atoms with Crippen molar-refractivity contribution >= 4 is 118 Å². The molecule has 0 fully saturated rings. The number of rotatable bonds is 8. The predicted octanol–water partition coefficient (Wildman–Crippen LogP) is 22.6. The van der Waals surface area contributed by atoms with Crippen LogP contribution >= 0.6 is 11.3 Å². The van der Waals surface area contributed by atoms with Gasteiger partial charge in [-0.3, -0.25) is 0 Å². The van der Waals surface area contributed by atoms with E-state index in [1.54, 1.807) is 11.3 Å². The summed E-state index contributed by atoms with van der Waals surface area (Å²) in [5, 5.41) is 18.3. The minimum atomic E-state index is 0.584. The lowest BCUT2D eigenvalue weighted by molar-refractivity contribution is 0.669. The Balaban J connectivity index is 0.688. The van der Waals surface area contributed by atoms with Crippen LogP contribution in [0.3, 0.4) is 0 Å². The molecule has 4 aromatic heterocycles. The van der Waals surface area contributed by atoms with E-state index in [1.165, 1.54) is 52.5 Å². The van der Waals surface area contributed by atoms with Crippen LogP contribution in [-0.2, 0) is 0 Å². The lowest BCUT2D eigenvalue weighted by Gasteiger charge is -2.13. The molecule has 7 nitrogen and oxygen atoms in total. The molecule has 0 atom stereocenters. The van der Waals surface area contributed by atoms with Gasteiger partial charge in [-0.15, -0.1) is 11.3 Å². The highest BCUT2D eigenvalue weighted by molar-refractivity contribution is 7.26. The van der Waals surface area contributed by atoms with Gasteiger partial charge in [0.15, 0.2) is 34.9 Å². The van der Waals surface area contributed by atoms with E-state index in [1.807, 2.05) is 42.5 Å². The lowest BCUT2D eigenvalue weighted by Crippen LogP contribution is -2.00. The zero-order valence-corrected chi connectivity index (χ0v) is 50.0. The van der Waals surface area contributed by atoms with E-state index in [9.17, 15) is 0 Å². The molecule has 19 aromatic rings. The van der Waals surface area contributed by atoms with Gasteiger partial charge in [0.05, 0.1) is 0 Å². The zero-order chi connectivity index (χ0) is 60.4. The minimum absolute atomic E-state index is 0.584. The molecule has 8 heteroatoms. The van der Waals surface area contributed by atoms with E-state index in [4.69, 9.17) is 34.3 Å². The molecule has 92 heavy (non-hydrogen) atoms. The Labute approximate surface area is 530 Å². The van der Waals surface area contributed by atoms with Crippen LogP contribution in [0.1, 0.15) is 0 Å². The zero-order valence-electron chi connectivity index (χ0n) is 49.2. The molecule has 19 rings (SSSR count). The fraction of sp³-hybridized carbons (Fsp3) is 0. The van der Waals surface area contributed by atoms with Crippen molar-refractivity contribution in [3.8, 4) is 90.6 Å². The predicted molar refractivity (Wildman–Crippen MR) is 382 cm³/mol. The summed E-state index contributed by atoms with van der Waals surface area (Å²) in [6, 6.07) is 103. The van der Waals surface area contributed by atoms with E-state index < -0.39 is 0 Å². The van der Waals surface area contributed by atoms with Crippen molar-refractivity contribution in [3.05, 3.63) is 291 Å². The summed E-state index contributed by atoms with van der Waals surface area (Å²) in [4.78, 5) is 31.5. The Hall–Kier alpha value is -12.1. The van der Waals surface area contributed by atoms with Crippen LogP contribution in [0.2, 0.25) is 0 Å². The summed E-state index contributed by atoms with van der Waals surface area (Å²) in [5.74, 6) is 3.72. The molecule has 0 saturated carbocycles. The lowest BCUT2D eigenvalue weighted by atomic mass is 9.92. The third-order valence-electron chi connectivity index (χ3n) is 18.3. The number of thiophene rings is 1. The molecule has 15 aromatic carbocycles. The summed E-state index contributed by atoms with van der Waals surface area (Å²) in [5.41, 5.74) is 11.7. The van der Waals surface area contributed by atoms with E-state index in [-0.39, 0.29) is 0 Å². The molecule has 0 saturated heterocycles. The summed E-state index contributed by atoms with van der Waals surface area (Å²) in [6.45, 7) is 0. The van der Waals surface area contributed by atoms with Crippen molar-refractivity contribution in [3.63, 3.8) is 0 Å². The molecule has 0 aliphatic carbocycles. The van der Waals surface area contributed by atoms with Gasteiger partial charge in [-0.1, -0.05) is 231 Å². The van der Waals surface area contributed by atoms with Crippen molar-refractivity contribution in [2.75, 3.05) is 0 Å². The number of fused-ring (bicyclic) bond motifs is 16. The maximum absolute atomic E-state index is 6.57. The van der Waals surface area contributed by atoms with Crippen molar-refractivity contribution in [1.82, 2.24) is 29.9 Å². The first-order valence-electron chi connectivity index (χ1n) is 30.9. The van der Waals surface area contributed by atoms with Crippen LogP contribution in [0.25, 0.3) is 197 Å². The normalized spacial score (nSPS) is 11.9. The Bertz CT molecular complexity index is 6270. The van der Waals surface area contributed by atoms with Crippen molar-refractivity contribution in [1.29, 1.82) is 0 Å². The van der Waals surface area contributed by atoms with Crippen LogP contribution in [0.4, 0.5) is 0 Å². The van der Waals surface area contributed by atoms with E-state index in [0.29, 0.717) is 34.9 Å². The molecule has 0 radical (unpaired) electrons. The summed E-state index contributed by atoms with van der Waals surface area (Å²) in [7, 11) is 0. The summed E-state index contributed by atoms with van der Waals surface area (Å²) < 4.78 is 9.01. The van der Waals surface area contributed by atoms with Crippen LogP contribution in [0, 0.1) is 0 Å². The average Bonchev–Trinajstić information content (AvgIpc) is 0.954. The average molecular weight is 1190 g/mol. The number of benzene rings is 15. The number of hydrogen-bond acceptors (Lipinski definition) is 8. The molecule has 0 aliphatic heterocycles. The monoisotopic (exact) mass is 1190 g/mol. The molecule has 426 valence electrons. The van der Waals surface area contributed by atoms with Crippen LogP contribution in [-0.4, -0.2) is 29.9 Å². The Morgan fingerprint density at radius 2 is 0.620 bits per heavy atom. The Morgan fingerprint density at radius 3 is 1.32 bits per heavy atom. The SMILES string of the molecule is c1ccc(-c2nc(-c3ccc4ccc5ccc6cc(-c7cccc(-c8ccc9oc%10ccc(-c%11nc(-c%12ccccc%12)nc(-c%12cccc%13ccc%14ccc%15ccccc%15c%14c%12%13)n%11)cc%10c9c8)c7)ccc6c5c4c3)nc(-c3cccc4sc5ccccc5c34)n2)cc1. The van der Waals surface area contributed by atoms with Crippen LogP contribution < -0.4 is 0 Å². The third-order valence-corrected chi connectivity index (χ3v) is 19.4. The van der Waals surface area contributed by atoms with Gasteiger partial charge in [0.2, 0.25) is 0 Å². The van der Waals surface area contributed by atoms with Gasteiger partial charge in [-0.05, 0) is 142 Å². The standard InChI is InChI=1S/C84H48N6OS/c1-3-15-54(16-4-1)79-86-82(89-83(87-79)66-24-12-19-51-33-34-53-32-28-49-14-7-8-22-63(49)76(53)77(51)66)62-40-43-72-70(48-62)69-46-59(39-42-71(69)91-72)57-21-11-20-56(44-57)58-38-41-64-60(45-58)36-35-52-31-29-50-30-37-61(47-68(50)75(52)64)81-85-80(55-17-5-2-6-18-55)88-84(90-81)67-25-13-27-74-78(67)65-23-9-10-26-73(65)92-74/h1-48H. The first-order chi connectivity index (χ1) is 45.5. The molecule has 0 unspecified atom stereocenters. The maximum atomic E-state index is 6.57. The highest BCUT2D eigenvalue weighted by Gasteiger charge is 2.21. The number of furan rings is 1. The first-order valence-corrected chi connectivity index (χ1v) is 31.7. The topological polar surface area (TPSA) is 90.5 Å². The van der Waals surface area contributed by atoms with Gasteiger partial charge in [-0.25, -0.2) is 29.9 Å². The third kappa shape index (κ3) is 8.57. The summed E-state index contributed by atoms with van der Waals surface area (Å²) >= 11 is 1.80. The van der Waals surface area contributed by atoms with Crippen LogP contribution in [0.15, 0.2) is 296 Å². The van der Waals surface area contributed by atoms with E-state index in [0.717, 1.165) is 110 Å². The molecular weight excluding hydrogens is 1140 g/mol. The largest absolute Gasteiger partial charge is 0.456 e. The van der Waals surface area contributed by atoms with Gasteiger partial charge >= 0.3 is 0 Å². The van der Waals surface area contributed by atoms with Crippen molar-refractivity contribution in [2.24, 2.45) is 0 Å². The van der Waals surface area contributed by atoms with Gasteiger partial charge in [0.25, 0.3) is 0 Å². The van der Waals surface area contributed by atoms with Gasteiger partial charge in [-0.2, -0.15) is 0 Å². The Morgan fingerprint density at radius 1 is 0.207 bits per heavy atom. The second-order valence-electron chi connectivity index (χ2n) is 23.7. The van der Waals surface area contributed by atoms with E-state index >= 15 is 0 Å². The smallest absolute Gasteiger partial charge is 0.164 e. The highest BCUT2D eigenvalue weighted by Crippen LogP contribution is 2.44. The molecular formula is C84H48N6OS. The summed E-state index contributed by atoms with van der Waals surface area (Å²) in [6.07, 6.45) is 0. The highest BCUT2D eigenvalue weighted by atomic mass is 32.1. The molecule has 0 bridgehead atoms. The molecule has 4 heterocycles. The maximum Gasteiger partial charge on any atom is 0.164 e. The van der Waals surface area contributed by atoms with Gasteiger partial charge < -0.3 is 4.42 Å². The molecule has 0 N–H and O–H groups in total. The fourth-order valence-electron chi connectivity index (χ4n) is 13.9. The first kappa shape index (κ1) is 51.9. The van der Waals surface area contributed by atoms with Gasteiger partial charge in [0, 0.05) is 69.7 Å². The van der Waals surface area contributed by atoms with E-state index in [2.05, 4.69) is 249 Å².